The summed E-state index contributed by atoms with van der Waals surface area (Å²) in [5.74, 6) is -2.11. The number of esters is 2. The lowest BCUT2D eigenvalue weighted by Crippen LogP contribution is -2.57. The maximum Gasteiger partial charge on any atom is 0.323 e. The highest BCUT2D eigenvalue weighted by Crippen LogP contribution is 2.37. The van der Waals surface area contributed by atoms with E-state index >= 15 is 0 Å². The topological polar surface area (TPSA) is 236 Å². The van der Waals surface area contributed by atoms with Gasteiger partial charge in [-0.05, 0) is 156 Å². The van der Waals surface area contributed by atoms with E-state index < -0.39 is 35.0 Å². The number of nitrogens with zero attached hydrogens (tertiary/aromatic N) is 1. The summed E-state index contributed by atoms with van der Waals surface area (Å²) in [6, 6.07) is 28.7. The molecule has 3 aromatic carbocycles. The van der Waals surface area contributed by atoms with E-state index in [4.69, 9.17) is 15.2 Å². The van der Waals surface area contributed by atoms with E-state index in [2.05, 4.69) is 21.3 Å². The van der Waals surface area contributed by atoms with Gasteiger partial charge in [0.2, 0.25) is 17.7 Å². The van der Waals surface area contributed by atoms with Crippen molar-refractivity contribution in [2.24, 2.45) is 17.6 Å². The van der Waals surface area contributed by atoms with Gasteiger partial charge >= 0.3 is 17.9 Å². The molecule has 3 aromatic rings. The molecule has 3 aliphatic heterocycles. The molecule has 7 N–H and O–H groups in total. The second-order valence-electron chi connectivity index (χ2n) is 22.8. The lowest BCUT2D eigenvalue weighted by Gasteiger charge is -2.37. The number of carboxylic acids is 1. The monoisotopic (exact) mass is 1040 g/mol. The minimum absolute atomic E-state index is 0.0655. The van der Waals surface area contributed by atoms with Crippen LogP contribution in [0.1, 0.15) is 157 Å². The number of hydrogen-bond donors (Lipinski definition) is 6. The van der Waals surface area contributed by atoms with E-state index in [-0.39, 0.29) is 65.3 Å². The number of primary amides is 1. The molecule has 1 unspecified atom stereocenters. The van der Waals surface area contributed by atoms with Crippen LogP contribution in [0, 0.1) is 11.8 Å². The molecule has 0 saturated carbocycles. The fourth-order valence-electron chi connectivity index (χ4n) is 9.09. The van der Waals surface area contributed by atoms with Gasteiger partial charge in [-0.25, -0.2) is 0 Å². The van der Waals surface area contributed by atoms with Crippen molar-refractivity contribution >= 4 is 41.9 Å². The number of aldehydes is 1. The van der Waals surface area contributed by atoms with Gasteiger partial charge in [-0.3, -0.25) is 33.7 Å². The lowest BCUT2D eigenvalue weighted by molar-refractivity contribution is -0.158. The Kier molecular flexibility index (Phi) is 25.3. The fraction of sp³-hybridized carbons (Fsp3) is 0.576. The number of hydrogen-bond acceptors (Lipinski definition) is 12. The van der Waals surface area contributed by atoms with Gasteiger partial charge in [0, 0.05) is 24.3 Å². The molecule has 16 nitrogen and oxygen atoms in total. The molecule has 0 spiro atoms. The van der Waals surface area contributed by atoms with Gasteiger partial charge in [-0.15, -0.1) is 0 Å². The van der Waals surface area contributed by atoms with Crippen LogP contribution in [0.2, 0.25) is 0 Å². The first-order chi connectivity index (χ1) is 35.2. The molecule has 3 saturated heterocycles. The molecule has 75 heavy (non-hydrogen) atoms. The van der Waals surface area contributed by atoms with E-state index in [1.807, 2.05) is 167 Å². The zero-order valence-electron chi connectivity index (χ0n) is 46.5. The van der Waals surface area contributed by atoms with Crippen molar-refractivity contribution in [3.63, 3.8) is 0 Å². The van der Waals surface area contributed by atoms with E-state index in [0.717, 1.165) is 68.2 Å². The highest BCUT2D eigenvalue weighted by molar-refractivity contribution is 5.84. The predicted molar refractivity (Wildman–Crippen MR) is 292 cm³/mol. The molecule has 3 amide bonds. The zero-order chi connectivity index (χ0) is 56.0. The number of ether oxygens (including phenoxy) is 2. The summed E-state index contributed by atoms with van der Waals surface area (Å²) < 4.78 is 10.4. The summed E-state index contributed by atoms with van der Waals surface area (Å²) in [4.78, 5) is 83.7. The van der Waals surface area contributed by atoms with Gasteiger partial charge in [-0.2, -0.15) is 0 Å². The number of nitrogens with one attached hydrogen (secondary N) is 4. The number of benzene rings is 3. The summed E-state index contributed by atoms with van der Waals surface area (Å²) in [5.41, 5.74) is 6.25. The zero-order valence-corrected chi connectivity index (χ0v) is 46.5. The number of carboxylic acid groups (broad SMARTS) is 1. The molecule has 16 heteroatoms. The minimum atomic E-state index is -0.904. The second-order valence-corrected chi connectivity index (χ2v) is 22.8. The van der Waals surface area contributed by atoms with Crippen molar-refractivity contribution in [1.29, 1.82) is 0 Å². The van der Waals surface area contributed by atoms with Gasteiger partial charge in [0.25, 0.3) is 0 Å². The number of amides is 3. The van der Waals surface area contributed by atoms with Gasteiger partial charge in [0.1, 0.15) is 41.2 Å². The van der Waals surface area contributed by atoms with Crippen LogP contribution in [0.3, 0.4) is 0 Å². The third kappa shape index (κ3) is 22.0. The van der Waals surface area contributed by atoms with Crippen LogP contribution in [0.5, 0.6) is 0 Å². The van der Waals surface area contributed by atoms with Crippen LogP contribution in [0.15, 0.2) is 91.0 Å². The molecule has 0 bridgehead atoms. The molecule has 414 valence electrons. The Labute approximate surface area is 446 Å². The fourth-order valence-corrected chi connectivity index (χ4v) is 9.09. The van der Waals surface area contributed by atoms with Crippen molar-refractivity contribution in [3.05, 3.63) is 108 Å². The quantitative estimate of drug-likeness (QED) is 0.0435. The Bertz CT molecular complexity index is 2110. The molecule has 6 rings (SSSR count). The lowest BCUT2D eigenvalue weighted by atomic mass is 9.77. The standard InChI is InChI=1S/C25H25NO2.C16H29N3O4.2C9H17NO2/c1-20(19-27)17-18-24(28)26-25(21-11-5-2-6-12-21,22-13-7-3-8-14-22)23-15-9-4-10-16-23;1-10(7-8-12(17)20)13(14(21)18-16(2,3)4)19-9-5-6-11(19)15(22)23;2*1-9(2,3)12-8(11)7-5-4-6-10-7/h2-16,19-20H,17-18H2,1H3,(H,26,28);10-11,13H,5-9H2,1-4H3,(H2,17,20)(H,18,21)(H,22,23);2*7,10H,4-6H2,1-3H3/t20-;10-,11-,13?;2*7-/m0000/s1. The maximum absolute atomic E-state index is 13.0. The Morgan fingerprint density at radius 3 is 1.45 bits per heavy atom. The SMILES string of the molecule is CC(C)(C)OC(=O)[C@@H]1CCCN1.CC(C)(C)OC(=O)[C@@H]1CCCN1.C[C@@H](CCC(N)=O)C(C(=O)NC(C)(C)C)N1CCC[C@H]1C(=O)O.C[C@H](C=O)CCC(=O)NC(c1ccccc1)(c1ccccc1)c1ccccc1. The molecule has 0 aromatic heterocycles. The minimum Gasteiger partial charge on any atom is -0.480 e. The highest BCUT2D eigenvalue weighted by Gasteiger charge is 2.42. The Morgan fingerprint density at radius 1 is 0.667 bits per heavy atom. The van der Waals surface area contributed by atoms with Crippen molar-refractivity contribution < 1.29 is 48.1 Å². The van der Waals surface area contributed by atoms with Crippen LogP contribution in [0.25, 0.3) is 0 Å². The van der Waals surface area contributed by atoms with Crippen LogP contribution in [-0.2, 0) is 48.6 Å². The smallest absolute Gasteiger partial charge is 0.323 e. The Balaban J connectivity index is 0.000000281. The first-order valence-corrected chi connectivity index (χ1v) is 26.6. The van der Waals surface area contributed by atoms with E-state index in [1.54, 1.807) is 4.90 Å². The first-order valence-electron chi connectivity index (χ1n) is 26.6. The van der Waals surface area contributed by atoms with Crippen molar-refractivity contribution in [2.75, 3.05) is 19.6 Å². The summed E-state index contributed by atoms with van der Waals surface area (Å²) in [5, 5.41) is 21.8. The molecule has 0 radical (unpaired) electrons. The highest BCUT2D eigenvalue weighted by atomic mass is 16.6. The molecule has 6 atom stereocenters. The van der Waals surface area contributed by atoms with E-state index in [1.165, 1.54) is 0 Å². The van der Waals surface area contributed by atoms with Crippen LogP contribution in [0.4, 0.5) is 0 Å². The van der Waals surface area contributed by atoms with Crippen molar-refractivity contribution in [1.82, 2.24) is 26.2 Å². The average Bonchev–Trinajstić information content (AvgIpc) is 4.17. The molecule has 0 aliphatic carbocycles. The van der Waals surface area contributed by atoms with Crippen LogP contribution >= 0.6 is 0 Å². The van der Waals surface area contributed by atoms with Crippen molar-refractivity contribution in [3.8, 4) is 0 Å². The maximum atomic E-state index is 13.0. The Hall–Kier alpha value is -5.97. The molecule has 3 heterocycles. The van der Waals surface area contributed by atoms with Crippen LogP contribution in [-0.4, -0.2) is 112 Å². The summed E-state index contributed by atoms with van der Waals surface area (Å²) >= 11 is 0. The van der Waals surface area contributed by atoms with Gasteiger partial charge in [-0.1, -0.05) is 105 Å². The number of likely N-dealkylation sites (tertiary alicyclic amines) is 1. The number of nitrogens with two attached hydrogens (primary N) is 1. The normalized spacial score (nSPS) is 18.9. The molecular weight excluding hydrogens is 953 g/mol. The number of carbonyl (C=O) groups is 7. The molecule has 3 aliphatic rings. The number of aliphatic carboxylic acids is 1. The second kappa shape index (κ2) is 29.9. The molecule has 3 fully saturated rings. The first kappa shape index (κ1) is 63.3. The van der Waals surface area contributed by atoms with Gasteiger partial charge in [0.15, 0.2) is 0 Å². The summed E-state index contributed by atoms with van der Waals surface area (Å²) in [7, 11) is 0. The number of carbonyl (C=O) groups excluding carboxylic acids is 6. The van der Waals surface area contributed by atoms with Crippen molar-refractivity contribution in [2.45, 2.75) is 187 Å². The summed E-state index contributed by atoms with van der Waals surface area (Å²) in [6.07, 6.45) is 7.63. The number of rotatable bonds is 17. The third-order valence-electron chi connectivity index (χ3n) is 12.6. The predicted octanol–water partition coefficient (Wildman–Crippen LogP) is 7.59. The largest absolute Gasteiger partial charge is 0.480 e. The third-order valence-corrected chi connectivity index (χ3v) is 12.6. The van der Waals surface area contributed by atoms with E-state index in [0.29, 0.717) is 32.2 Å². The van der Waals surface area contributed by atoms with Crippen LogP contribution < -0.4 is 27.0 Å². The van der Waals surface area contributed by atoms with Gasteiger partial charge in [0.05, 0.1) is 6.04 Å². The summed E-state index contributed by atoms with van der Waals surface area (Å²) in [6.45, 7) is 23.1. The van der Waals surface area contributed by atoms with Gasteiger partial charge < -0.3 is 46.4 Å². The molecular formula is C59H88N6O10. The van der Waals surface area contributed by atoms with E-state index in [9.17, 15) is 38.7 Å². The Morgan fingerprint density at radius 2 is 1.11 bits per heavy atom. The average molecular weight is 1040 g/mol.